The number of aromatic nitrogens is 1. The highest BCUT2D eigenvalue weighted by Crippen LogP contribution is 2.61. The summed E-state index contributed by atoms with van der Waals surface area (Å²) in [4.78, 5) is 4.75. The van der Waals surface area contributed by atoms with Crippen molar-refractivity contribution < 1.29 is 0 Å². The van der Waals surface area contributed by atoms with Gasteiger partial charge >= 0.3 is 0 Å². The third-order valence-corrected chi connectivity index (χ3v) is 4.89. The molecule has 2 fully saturated rings. The first-order valence-electron chi connectivity index (χ1n) is 7.08. The SMILES string of the molecule is c1cc2c(nc1NCC1(C3CC3)CC1)CCC2. The molecule has 3 aliphatic rings. The molecule has 0 unspecified atom stereocenters. The minimum absolute atomic E-state index is 0.667. The van der Waals surface area contributed by atoms with Crippen molar-refractivity contribution in [3.05, 3.63) is 23.4 Å². The van der Waals surface area contributed by atoms with Gasteiger partial charge < -0.3 is 5.32 Å². The van der Waals surface area contributed by atoms with Crippen molar-refractivity contribution in [2.24, 2.45) is 11.3 Å². The number of fused-ring (bicyclic) bond motifs is 1. The van der Waals surface area contributed by atoms with Crippen LogP contribution >= 0.6 is 0 Å². The summed E-state index contributed by atoms with van der Waals surface area (Å²) >= 11 is 0. The molecule has 2 saturated carbocycles. The van der Waals surface area contributed by atoms with Crippen LogP contribution in [-0.2, 0) is 12.8 Å². The van der Waals surface area contributed by atoms with Gasteiger partial charge in [0.15, 0.2) is 0 Å². The van der Waals surface area contributed by atoms with Crippen molar-refractivity contribution in [3.8, 4) is 0 Å². The Bertz CT molecular complexity index is 444. The van der Waals surface area contributed by atoms with Gasteiger partial charge in [0.05, 0.1) is 0 Å². The molecule has 1 aromatic rings. The summed E-state index contributed by atoms with van der Waals surface area (Å²) in [6.07, 6.45) is 9.52. The van der Waals surface area contributed by atoms with Crippen LogP contribution in [-0.4, -0.2) is 11.5 Å². The summed E-state index contributed by atoms with van der Waals surface area (Å²) < 4.78 is 0. The van der Waals surface area contributed by atoms with Gasteiger partial charge in [-0.3, -0.25) is 0 Å². The van der Waals surface area contributed by atoms with E-state index in [1.807, 2.05) is 0 Å². The number of anilines is 1. The van der Waals surface area contributed by atoms with Crippen LogP contribution in [0.3, 0.4) is 0 Å². The highest BCUT2D eigenvalue weighted by Gasteiger charge is 2.53. The standard InChI is InChI=1S/C15H20N2/c1-2-11-4-7-14(17-13(11)3-1)16-10-15(8-9-15)12-5-6-12/h4,7,12H,1-3,5-6,8-10H2,(H,16,17). The van der Waals surface area contributed by atoms with Crippen LogP contribution in [0, 0.1) is 11.3 Å². The normalized spacial score (nSPS) is 24.5. The van der Waals surface area contributed by atoms with Crippen LogP contribution in [0.2, 0.25) is 0 Å². The first-order chi connectivity index (χ1) is 8.36. The van der Waals surface area contributed by atoms with Gasteiger partial charge in [-0.25, -0.2) is 4.98 Å². The van der Waals surface area contributed by atoms with Crippen molar-refractivity contribution in [2.75, 3.05) is 11.9 Å². The second-order valence-corrected chi connectivity index (χ2v) is 6.15. The molecule has 0 aliphatic heterocycles. The molecule has 2 heteroatoms. The van der Waals surface area contributed by atoms with Crippen molar-refractivity contribution >= 4 is 5.82 Å². The lowest BCUT2D eigenvalue weighted by Gasteiger charge is -2.15. The first kappa shape index (κ1) is 9.93. The zero-order valence-electron chi connectivity index (χ0n) is 10.3. The lowest BCUT2D eigenvalue weighted by Crippen LogP contribution is -2.18. The number of pyridine rings is 1. The number of hydrogen-bond donors (Lipinski definition) is 1. The van der Waals surface area contributed by atoms with Crippen molar-refractivity contribution in [1.29, 1.82) is 0 Å². The molecule has 0 bridgehead atoms. The Hall–Kier alpha value is -1.05. The second-order valence-electron chi connectivity index (χ2n) is 6.15. The van der Waals surface area contributed by atoms with E-state index in [4.69, 9.17) is 4.98 Å². The van der Waals surface area contributed by atoms with Crippen LogP contribution in [0.4, 0.5) is 5.82 Å². The van der Waals surface area contributed by atoms with Gasteiger partial charge in [-0.2, -0.15) is 0 Å². The van der Waals surface area contributed by atoms with E-state index < -0.39 is 0 Å². The van der Waals surface area contributed by atoms with E-state index in [1.165, 1.54) is 56.2 Å². The monoisotopic (exact) mass is 228 g/mol. The largest absolute Gasteiger partial charge is 0.369 e. The molecule has 4 rings (SSSR count). The summed E-state index contributed by atoms with van der Waals surface area (Å²) in [5, 5.41) is 3.59. The third-order valence-electron chi connectivity index (χ3n) is 4.89. The maximum Gasteiger partial charge on any atom is 0.126 e. The molecule has 2 nitrogen and oxygen atoms in total. The molecule has 0 amide bonds. The van der Waals surface area contributed by atoms with Crippen LogP contribution in [0.25, 0.3) is 0 Å². The van der Waals surface area contributed by atoms with Crippen molar-refractivity contribution in [3.63, 3.8) is 0 Å². The molecular weight excluding hydrogens is 208 g/mol. The average Bonchev–Trinajstić information content (AvgIpc) is 3.23. The van der Waals surface area contributed by atoms with Crippen LogP contribution < -0.4 is 5.32 Å². The molecule has 1 heterocycles. The van der Waals surface area contributed by atoms with Gasteiger partial charge in [-0.05, 0) is 67.9 Å². The smallest absolute Gasteiger partial charge is 0.126 e. The van der Waals surface area contributed by atoms with Crippen LogP contribution in [0.1, 0.15) is 43.4 Å². The Morgan fingerprint density at radius 2 is 2.12 bits per heavy atom. The second kappa shape index (κ2) is 3.47. The molecular formula is C15H20N2. The molecule has 1 aromatic heterocycles. The van der Waals surface area contributed by atoms with Gasteiger partial charge in [-0.1, -0.05) is 6.07 Å². The highest BCUT2D eigenvalue weighted by molar-refractivity contribution is 5.41. The maximum atomic E-state index is 4.75. The van der Waals surface area contributed by atoms with Gasteiger partial charge in [0.25, 0.3) is 0 Å². The van der Waals surface area contributed by atoms with Crippen molar-refractivity contribution in [2.45, 2.75) is 44.9 Å². The molecule has 17 heavy (non-hydrogen) atoms. The molecule has 1 N–H and O–H groups in total. The number of nitrogens with one attached hydrogen (secondary N) is 1. The summed E-state index contributed by atoms with van der Waals surface area (Å²) in [7, 11) is 0. The lowest BCUT2D eigenvalue weighted by molar-refractivity contribution is 0.466. The Kier molecular flexibility index (Phi) is 2.03. The molecule has 0 aromatic carbocycles. The number of aryl methyl sites for hydroxylation is 2. The fraction of sp³-hybridized carbons (Fsp3) is 0.667. The molecule has 3 aliphatic carbocycles. The summed E-state index contributed by atoms with van der Waals surface area (Å²) in [5.74, 6) is 2.14. The van der Waals surface area contributed by atoms with E-state index in [1.54, 1.807) is 0 Å². The summed E-state index contributed by atoms with van der Waals surface area (Å²) in [6.45, 7) is 1.16. The number of nitrogens with zero attached hydrogens (tertiary/aromatic N) is 1. The predicted molar refractivity (Wildman–Crippen MR) is 69.1 cm³/mol. The maximum absolute atomic E-state index is 4.75. The van der Waals surface area contributed by atoms with Gasteiger partial charge in [0, 0.05) is 12.2 Å². The average molecular weight is 228 g/mol. The third kappa shape index (κ3) is 1.74. The molecule has 0 atom stereocenters. The Labute approximate surface area is 103 Å². The topological polar surface area (TPSA) is 24.9 Å². The van der Waals surface area contributed by atoms with E-state index in [-0.39, 0.29) is 0 Å². The van der Waals surface area contributed by atoms with Crippen LogP contribution in [0.5, 0.6) is 0 Å². The molecule has 0 saturated heterocycles. The Morgan fingerprint density at radius 1 is 1.24 bits per heavy atom. The minimum atomic E-state index is 0.667. The number of hydrogen-bond acceptors (Lipinski definition) is 2. The number of rotatable bonds is 4. The fourth-order valence-electron chi connectivity index (χ4n) is 3.37. The van der Waals surface area contributed by atoms with Gasteiger partial charge in [0.1, 0.15) is 5.82 Å². The molecule has 0 radical (unpaired) electrons. The zero-order chi connectivity index (χ0) is 11.3. The van der Waals surface area contributed by atoms with E-state index >= 15 is 0 Å². The summed E-state index contributed by atoms with van der Waals surface area (Å²) in [5.41, 5.74) is 3.48. The lowest BCUT2D eigenvalue weighted by atomic mass is 10.0. The summed E-state index contributed by atoms with van der Waals surface area (Å²) in [6, 6.07) is 4.45. The van der Waals surface area contributed by atoms with E-state index in [0.29, 0.717) is 5.41 Å². The van der Waals surface area contributed by atoms with E-state index in [0.717, 1.165) is 18.3 Å². The van der Waals surface area contributed by atoms with Gasteiger partial charge in [0.2, 0.25) is 0 Å². The van der Waals surface area contributed by atoms with Crippen molar-refractivity contribution in [1.82, 2.24) is 4.98 Å². The molecule has 0 spiro atoms. The van der Waals surface area contributed by atoms with E-state index in [2.05, 4.69) is 17.4 Å². The van der Waals surface area contributed by atoms with Crippen LogP contribution in [0.15, 0.2) is 12.1 Å². The quantitative estimate of drug-likeness (QED) is 0.856. The zero-order valence-corrected chi connectivity index (χ0v) is 10.3. The fourth-order valence-corrected chi connectivity index (χ4v) is 3.37. The highest BCUT2D eigenvalue weighted by atomic mass is 15.0. The molecule has 90 valence electrons. The van der Waals surface area contributed by atoms with E-state index in [9.17, 15) is 0 Å². The van der Waals surface area contributed by atoms with Gasteiger partial charge in [-0.15, -0.1) is 0 Å². The Balaban J connectivity index is 1.45. The Morgan fingerprint density at radius 3 is 2.88 bits per heavy atom. The predicted octanol–water partition coefficient (Wildman–Crippen LogP) is 3.17. The minimum Gasteiger partial charge on any atom is -0.369 e. The first-order valence-corrected chi connectivity index (χ1v) is 7.08.